The molecule has 89 valence electrons. The Bertz CT molecular complexity index is 713. The Labute approximate surface area is 109 Å². The minimum Gasteiger partial charge on any atom is -0.327 e. The highest BCUT2D eigenvalue weighted by Gasteiger charge is 2.16. The molecular weight excluding hydrogens is 251 g/mol. The van der Waals surface area contributed by atoms with Crippen molar-refractivity contribution in [2.75, 3.05) is 0 Å². The topological polar surface area (TPSA) is 17.8 Å². The average molecular weight is 260 g/mol. The van der Waals surface area contributed by atoms with Crippen molar-refractivity contribution in [2.24, 2.45) is 7.05 Å². The van der Waals surface area contributed by atoms with Crippen molar-refractivity contribution >= 4 is 22.6 Å². The molecule has 0 N–H and O–H groups in total. The quantitative estimate of drug-likeness (QED) is 0.649. The highest BCUT2D eigenvalue weighted by molar-refractivity contribution is 6.33. The Morgan fingerprint density at radius 1 is 1.33 bits per heavy atom. The van der Waals surface area contributed by atoms with Gasteiger partial charge in [0, 0.05) is 7.05 Å². The molecule has 0 spiro atoms. The summed E-state index contributed by atoms with van der Waals surface area (Å²) in [6.45, 7) is 0. The standard InChI is InChI=1S/C14H9ClFN2/c1-18-12-8-3-2-7-11(12)17-14(18)13-9(15)5-4-6-10(13)16/h3-8H,1H3. The van der Waals surface area contributed by atoms with Crippen LogP contribution in [0.15, 0.2) is 36.4 Å². The van der Waals surface area contributed by atoms with Gasteiger partial charge >= 0.3 is 0 Å². The van der Waals surface area contributed by atoms with Crippen molar-refractivity contribution in [3.8, 4) is 11.4 Å². The second-order valence-corrected chi connectivity index (χ2v) is 4.41. The minimum atomic E-state index is -0.370. The van der Waals surface area contributed by atoms with Crippen molar-refractivity contribution in [1.29, 1.82) is 0 Å². The van der Waals surface area contributed by atoms with E-state index in [0.717, 1.165) is 11.0 Å². The number of hydrogen-bond donors (Lipinski definition) is 0. The van der Waals surface area contributed by atoms with Crippen LogP contribution < -0.4 is 0 Å². The van der Waals surface area contributed by atoms with E-state index in [4.69, 9.17) is 11.6 Å². The van der Waals surface area contributed by atoms with Crippen LogP contribution in [0.25, 0.3) is 22.4 Å². The third kappa shape index (κ3) is 1.59. The fourth-order valence-corrected chi connectivity index (χ4v) is 2.27. The molecule has 0 aliphatic rings. The van der Waals surface area contributed by atoms with Gasteiger partial charge in [0.1, 0.15) is 11.6 Å². The van der Waals surface area contributed by atoms with Gasteiger partial charge in [-0.3, -0.25) is 0 Å². The second-order valence-electron chi connectivity index (χ2n) is 4.01. The second kappa shape index (κ2) is 4.10. The molecule has 1 heterocycles. The van der Waals surface area contributed by atoms with Crippen LogP contribution in [0.3, 0.4) is 0 Å². The lowest BCUT2D eigenvalue weighted by Gasteiger charge is -2.05. The van der Waals surface area contributed by atoms with E-state index in [2.05, 4.69) is 11.1 Å². The molecule has 0 aliphatic carbocycles. The highest BCUT2D eigenvalue weighted by atomic mass is 35.5. The Morgan fingerprint density at radius 2 is 2.17 bits per heavy atom. The molecule has 0 fully saturated rings. The number of aromatic nitrogens is 2. The van der Waals surface area contributed by atoms with Crippen LogP contribution in [0, 0.1) is 11.9 Å². The zero-order chi connectivity index (χ0) is 12.7. The van der Waals surface area contributed by atoms with Crippen LogP contribution in [-0.4, -0.2) is 9.55 Å². The first-order valence-corrected chi connectivity index (χ1v) is 5.83. The zero-order valence-corrected chi connectivity index (χ0v) is 10.4. The number of fused-ring (bicyclic) bond motifs is 1. The Kier molecular flexibility index (Phi) is 2.56. The van der Waals surface area contributed by atoms with E-state index in [-0.39, 0.29) is 5.82 Å². The molecule has 1 aromatic heterocycles. The van der Waals surface area contributed by atoms with E-state index in [0.29, 0.717) is 16.4 Å². The maximum Gasteiger partial charge on any atom is 0.145 e. The molecule has 0 bridgehead atoms. The van der Waals surface area contributed by atoms with E-state index in [1.807, 2.05) is 17.7 Å². The Balaban J connectivity index is 2.36. The monoisotopic (exact) mass is 259 g/mol. The van der Waals surface area contributed by atoms with Crippen LogP contribution in [0.4, 0.5) is 4.39 Å². The lowest BCUT2D eigenvalue weighted by Crippen LogP contribution is -1.95. The highest BCUT2D eigenvalue weighted by Crippen LogP contribution is 2.31. The van der Waals surface area contributed by atoms with Crippen molar-refractivity contribution in [3.05, 3.63) is 53.3 Å². The molecule has 18 heavy (non-hydrogen) atoms. The van der Waals surface area contributed by atoms with E-state index in [1.54, 1.807) is 24.3 Å². The van der Waals surface area contributed by atoms with Crippen LogP contribution >= 0.6 is 11.6 Å². The average Bonchev–Trinajstić information content (AvgIpc) is 2.68. The lowest BCUT2D eigenvalue weighted by molar-refractivity contribution is 0.629. The largest absolute Gasteiger partial charge is 0.327 e. The summed E-state index contributed by atoms with van der Waals surface area (Å²) in [6.07, 6.45) is 0. The van der Waals surface area contributed by atoms with Gasteiger partial charge in [-0.05, 0) is 30.3 Å². The molecule has 3 rings (SSSR count). The SMILES string of the molecule is Cn1c(-c2c(F)cccc2Cl)nc2c[c]ccc21. The third-order valence-electron chi connectivity index (χ3n) is 2.91. The van der Waals surface area contributed by atoms with Gasteiger partial charge in [0.15, 0.2) is 0 Å². The van der Waals surface area contributed by atoms with Crippen LogP contribution in [0.1, 0.15) is 0 Å². The molecule has 0 amide bonds. The summed E-state index contributed by atoms with van der Waals surface area (Å²) in [5, 5.41) is 0.359. The number of aryl methyl sites for hydroxylation is 1. The maximum atomic E-state index is 13.9. The maximum absolute atomic E-state index is 13.9. The first kappa shape index (κ1) is 11.2. The smallest absolute Gasteiger partial charge is 0.145 e. The lowest BCUT2D eigenvalue weighted by atomic mass is 10.2. The zero-order valence-electron chi connectivity index (χ0n) is 9.61. The van der Waals surface area contributed by atoms with E-state index < -0.39 is 0 Å². The number of halogens is 2. The first-order chi connectivity index (χ1) is 8.68. The summed E-state index contributed by atoms with van der Waals surface area (Å²) in [5.41, 5.74) is 2.02. The molecule has 0 unspecified atom stereocenters. The number of rotatable bonds is 1. The van der Waals surface area contributed by atoms with Crippen molar-refractivity contribution in [3.63, 3.8) is 0 Å². The van der Waals surface area contributed by atoms with Gasteiger partial charge in [-0.2, -0.15) is 0 Å². The molecule has 1 radical (unpaired) electrons. The summed E-state index contributed by atoms with van der Waals surface area (Å²) in [7, 11) is 1.84. The summed E-state index contributed by atoms with van der Waals surface area (Å²) in [6, 6.07) is 13.0. The minimum absolute atomic E-state index is 0.331. The predicted octanol–water partition coefficient (Wildman–Crippen LogP) is 3.83. The molecule has 2 nitrogen and oxygen atoms in total. The van der Waals surface area contributed by atoms with Gasteiger partial charge in [-0.1, -0.05) is 23.7 Å². The normalized spacial score (nSPS) is 11.1. The van der Waals surface area contributed by atoms with E-state index >= 15 is 0 Å². The van der Waals surface area contributed by atoms with E-state index in [9.17, 15) is 4.39 Å². The predicted molar refractivity (Wildman–Crippen MR) is 70.0 cm³/mol. The van der Waals surface area contributed by atoms with E-state index in [1.165, 1.54) is 6.07 Å². The molecule has 0 atom stereocenters. The molecule has 0 aliphatic heterocycles. The van der Waals surface area contributed by atoms with Gasteiger partial charge in [-0.15, -0.1) is 0 Å². The number of hydrogen-bond acceptors (Lipinski definition) is 1. The Morgan fingerprint density at radius 3 is 2.89 bits per heavy atom. The molecule has 4 heteroatoms. The molecule has 0 saturated carbocycles. The fraction of sp³-hybridized carbons (Fsp3) is 0.0714. The summed E-state index contributed by atoms with van der Waals surface area (Å²) < 4.78 is 15.7. The third-order valence-corrected chi connectivity index (χ3v) is 3.23. The number of nitrogens with zero attached hydrogens (tertiary/aromatic N) is 2. The fourth-order valence-electron chi connectivity index (χ4n) is 2.02. The van der Waals surface area contributed by atoms with Crippen molar-refractivity contribution in [2.45, 2.75) is 0 Å². The van der Waals surface area contributed by atoms with Gasteiger partial charge in [-0.25, -0.2) is 9.37 Å². The summed E-state index contributed by atoms with van der Waals surface area (Å²) >= 11 is 6.06. The number of benzene rings is 2. The molecule has 3 aromatic rings. The van der Waals surface area contributed by atoms with Gasteiger partial charge in [0.2, 0.25) is 0 Å². The molecular formula is C14H9ClFN2. The Hall–Kier alpha value is -1.87. The number of imidazole rings is 1. The first-order valence-electron chi connectivity index (χ1n) is 5.45. The van der Waals surface area contributed by atoms with Gasteiger partial charge in [0.25, 0.3) is 0 Å². The van der Waals surface area contributed by atoms with Crippen molar-refractivity contribution < 1.29 is 4.39 Å². The van der Waals surface area contributed by atoms with Crippen molar-refractivity contribution in [1.82, 2.24) is 9.55 Å². The van der Waals surface area contributed by atoms with Gasteiger partial charge in [0.05, 0.1) is 21.6 Å². The molecule has 0 saturated heterocycles. The molecule has 2 aromatic carbocycles. The summed E-state index contributed by atoms with van der Waals surface area (Å²) in [4.78, 5) is 4.41. The van der Waals surface area contributed by atoms with Gasteiger partial charge < -0.3 is 4.57 Å². The van der Waals surface area contributed by atoms with Crippen LogP contribution in [-0.2, 0) is 7.05 Å². The van der Waals surface area contributed by atoms with Crippen LogP contribution in [0.5, 0.6) is 0 Å². The summed E-state index contributed by atoms with van der Waals surface area (Å²) in [5.74, 6) is 0.151. The van der Waals surface area contributed by atoms with Crippen LogP contribution in [0.2, 0.25) is 5.02 Å².